The van der Waals surface area contributed by atoms with E-state index in [4.69, 9.17) is 56.1 Å². The minimum absolute atomic E-state index is 0.0151. The molecule has 3 heterocycles. The van der Waals surface area contributed by atoms with Gasteiger partial charge >= 0.3 is 0 Å². The molecule has 0 saturated heterocycles. The molecule has 26 heteroatoms. The average molecular weight is 1360 g/mol. The molecule has 3 aliphatic rings. The molecule has 3 fully saturated rings. The van der Waals surface area contributed by atoms with Crippen LogP contribution in [0, 0.1) is 51.7 Å². The van der Waals surface area contributed by atoms with Crippen LogP contribution in [0.4, 0.5) is 0 Å². The van der Waals surface area contributed by atoms with Crippen molar-refractivity contribution in [1.29, 1.82) is 17.1 Å². The molecule has 6 aromatic rings. The highest BCUT2D eigenvalue weighted by Gasteiger charge is 2.35. The van der Waals surface area contributed by atoms with Gasteiger partial charge in [-0.3, -0.25) is 28.8 Å². The van der Waals surface area contributed by atoms with Gasteiger partial charge in [0.1, 0.15) is 38.0 Å². The van der Waals surface area contributed by atoms with Gasteiger partial charge in [0, 0.05) is 96.7 Å². The number of aromatic nitrogens is 3. The number of carbonyl (C=O) groups excluding carboxylic acids is 6. The van der Waals surface area contributed by atoms with Crippen molar-refractivity contribution in [3.05, 3.63) is 105 Å². The molecule has 8 N–H and O–H groups in total. The number of aromatic amines is 1. The molecule has 84 heavy (non-hydrogen) atoms. The highest BCUT2D eigenvalue weighted by Crippen LogP contribution is 2.31. The second kappa shape index (κ2) is 32.3. The summed E-state index contributed by atoms with van der Waals surface area (Å²) in [6, 6.07) is 26.5. The molecule has 20 nitrogen and oxygen atoms in total. The van der Waals surface area contributed by atoms with Gasteiger partial charge in [0.15, 0.2) is 0 Å². The number of aliphatic hydroxyl groups is 1. The van der Waals surface area contributed by atoms with Gasteiger partial charge in [-0.1, -0.05) is 99.5 Å². The Morgan fingerprint density at radius 1 is 0.607 bits per heavy atom. The van der Waals surface area contributed by atoms with E-state index in [-0.39, 0.29) is 104 Å². The first-order chi connectivity index (χ1) is 41.1. The van der Waals surface area contributed by atoms with E-state index < -0.39 is 7.53 Å². The third-order valence-corrected chi connectivity index (χ3v) is 17.3. The zero-order valence-electron chi connectivity index (χ0n) is 46.7. The van der Waals surface area contributed by atoms with Gasteiger partial charge in [-0.2, -0.15) is 15.8 Å². The van der Waals surface area contributed by atoms with Crippen molar-refractivity contribution in [2.24, 2.45) is 17.8 Å². The lowest BCUT2D eigenvalue weighted by Crippen LogP contribution is -2.48. The van der Waals surface area contributed by atoms with Crippen molar-refractivity contribution in [2.45, 2.75) is 108 Å². The summed E-state index contributed by atoms with van der Waals surface area (Å²) in [7, 11) is -0.0936. The quantitative estimate of drug-likeness (QED) is 0.0228. The van der Waals surface area contributed by atoms with Crippen molar-refractivity contribution in [3.8, 4) is 18.2 Å². The molecule has 9 rings (SSSR count). The highest BCUT2D eigenvalue weighted by molar-refractivity contribution is 14.2. The Hall–Kier alpha value is -6.26. The van der Waals surface area contributed by atoms with Crippen molar-refractivity contribution in [2.75, 3.05) is 32.8 Å². The smallest absolute Gasteiger partial charge is 0.268 e. The summed E-state index contributed by atoms with van der Waals surface area (Å²) >= 11 is 20.3. The summed E-state index contributed by atoms with van der Waals surface area (Å²) in [6.07, 6.45) is 9.86. The molecule has 3 aromatic heterocycles. The minimum atomic E-state index is -0.511. The fourth-order valence-electron chi connectivity index (χ4n) is 11.2. The van der Waals surface area contributed by atoms with Gasteiger partial charge in [0.25, 0.3) is 17.7 Å². The number of nitrogens with one attached hydrogen (secondary N) is 7. The van der Waals surface area contributed by atoms with Gasteiger partial charge in [0.05, 0.1) is 60.2 Å². The van der Waals surface area contributed by atoms with Gasteiger partial charge in [-0.25, -0.2) is 0 Å². The zero-order chi connectivity index (χ0) is 61.0. The molecule has 3 saturated carbocycles. The lowest BCUT2D eigenvalue weighted by atomic mass is 9.83. The third kappa shape index (κ3) is 17.7. The van der Waals surface area contributed by atoms with Crippen LogP contribution in [0.25, 0.3) is 32.7 Å². The number of nitrogens with zero attached hydrogens (tertiary/aromatic N) is 5. The molecule has 0 radical (unpaired) electrons. The molecular weight excluding hydrogens is 1290 g/mol. The Bertz CT molecular complexity index is 3560. The fourth-order valence-corrected chi connectivity index (χ4v) is 12.7. The number of rotatable bonds is 18. The van der Waals surface area contributed by atoms with E-state index in [2.05, 4.69) is 58.1 Å². The second-order valence-electron chi connectivity index (χ2n) is 20.5. The van der Waals surface area contributed by atoms with Crippen LogP contribution in [0.2, 0.25) is 15.1 Å². The summed E-state index contributed by atoms with van der Waals surface area (Å²) in [5.41, 5.74) is 3.75. The van der Waals surface area contributed by atoms with Crippen molar-refractivity contribution >= 4 is 140 Å². The summed E-state index contributed by atoms with van der Waals surface area (Å²) in [4.78, 5) is 79.1. The largest absolute Gasteiger partial charge is 0.395 e. The average Bonchev–Trinajstić information content (AvgIpc) is 2.31. The monoisotopic (exact) mass is 1350 g/mol. The SMILES string of the molecule is N#CCNC(=O)[C@@H]1CCCC[C@@H]1NC(=O)c1cc2ccc(Cl)cc2[nH]1.N#CCNC(=O)[C@@H]1CCCC[C@@H]1NC(=O)c1cc2ccc(Cl)cc2n1CCO.[3H]P=S(I)OCCn1c(C(=O)N[C@H]2CCCC[C@H]2C(=O)NCC#N)cc2ccc(Cl)cc21. The zero-order valence-corrected chi connectivity index (χ0v) is 51.9. The number of carbonyl (C=O) groups is 6. The Morgan fingerprint density at radius 3 is 1.44 bits per heavy atom. The van der Waals surface area contributed by atoms with Crippen LogP contribution in [0.5, 0.6) is 0 Å². The summed E-state index contributed by atoms with van der Waals surface area (Å²) in [5, 5.41) is 56.7. The first kappa shape index (κ1) is 63.8. The second-order valence-corrected chi connectivity index (χ2v) is 27.9. The number of hydrogen-bond donors (Lipinski definition) is 8. The molecule has 0 spiro atoms. The Morgan fingerprint density at radius 2 is 1.01 bits per heavy atom. The predicted octanol–water partition coefficient (Wildman–Crippen LogP) is 9.15. The summed E-state index contributed by atoms with van der Waals surface area (Å²) < 4.78 is 16.7. The predicted molar refractivity (Wildman–Crippen MR) is 335 cm³/mol. The van der Waals surface area contributed by atoms with E-state index in [0.717, 1.165) is 77.7 Å². The van der Waals surface area contributed by atoms with Crippen LogP contribution < -0.4 is 31.9 Å². The first-order valence-corrected chi connectivity index (χ1v) is 33.5. The molecule has 3 aliphatic carbocycles. The normalized spacial score (nSPS) is 19.8. The van der Waals surface area contributed by atoms with Gasteiger partial charge in [-0.05, 0) is 93.1 Å². The number of amides is 6. The molecular formula is C58H65Cl3IN12O8PS. The van der Waals surface area contributed by atoms with Crippen LogP contribution in [0.3, 0.4) is 0 Å². The van der Waals surface area contributed by atoms with E-state index in [9.17, 15) is 33.9 Å². The lowest BCUT2D eigenvalue weighted by Gasteiger charge is -2.31. The number of benzene rings is 3. The number of fused-ring (bicyclic) bond motifs is 3. The Kier molecular flexibility index (Phi) is 24.5. The minimum Gasteiger partial charge on any atom is -0.395 e. The molecule has 1 unspecified atom stereocenters. The van der Waals surface area contributed by atoms with Crippen LogP contribution in [-0.4, -0.2) is 107 Å². The maximum Gasteiger partial charge on any atom is 0.268 e. The van der Waals surface area contributed by atoms with E-state index in [0.29, 0.717) is 85.4 Å². The van der Waals surface area contributed by atoms with Crippen molar-refractivity contribution in [1.82, 2.24) is 46.0 Å². The molecule has 0 aliphatic heterocycles. The molecule has 7 atom stereocenters. The van der Waals surface area contributed by atoms with E-state index in [1.54, 1.807) is 47.0 Å². The topological polar surface area (TPSA) is 301 Å². The van der Waals surface area contributed by atoms with Crippen LogP contribution in [-0.2, 0) is 39.2 Å². The van der Waals surface area contributed by atoms with Gasteiger partial charge in [0.2, 0.25) is 17.7 Å². The third-order valence-electron chi connectivity index (χ3n) is 15.1. The Labute approximate surface area is 519 Å². The number of hydrogen-bond acceptors (Lipinski definition) is 11. The number of nitriles is 3. The summed E-state index contributed by atoms with van der Waals surface area (Å²) in [6.45, 7) is 0.854. The maximum absolute atomic E-state index is 13.3. The number of aliphatic hydroxyl groups excluding tert-OH is 1. The highest BCUT2D eigenvalue weighted by atomic mass is 127. The number of halogens is 4. The van der Waals surface area contributed by atoms with Crippen LogP contribution in [0.15, 0.2) is 72.8 Å². The van der Waals surface area contributed by atoms with Gasteiger partial charge in [-0.15, -0.1) is 0 Å². The molecule has 6 amide bonds. The fraction of sp³-hybridized carbons (Fsp3) is 0.431. The Balaban J connectivity index is 0.000000184. The molecule has 0 bridgehead atoms. The van der Waals surface area contributed by atoms with Crippen molar-refractivity contribution < 1.29 is 38.1 Å². The van der Waals surface area contributed by atoms with Crippen LogP contribution >= 0.6 is 64.0 Å². The van der Waals surface area contributed by atoms with Crippen LogP contribution in [0.1, 0.15) is 109 Å². The van der Waals surface area contributed by atoms with E-state index >= 15 is 0 Å². The van der Waals surface area contributed by atoms with E-state index in [1.165, 1.54) is 0 Å². The first-order valence-electron chi connectivity index (χ1n) is 28.0. The lowest BCUT2D eigenvalue weighted by molar-refractivity contribution is -0.127. The number of H-pyrrole nitrogens is 1. The maximum atomic E-state index is 13.3. The molecule has 3 aromatic carbocycles. The molecule has 444 valence electrons. The summed E-state index contributed by atoms with van der Waals surface area (Å²) in [5.74, 6) is -2.35. The van der Waals surface area contributed by atoms with Crippen molar-refractivity contribution in [3.63, 3.8) is 0 Å². The van der Waals surface area contributed by atoms with Gasteiger partial charge < -0.3 is 55.3 Å². The van der Waals surface area contributed by atoms with E-state index in [1.807, 2.05) is 53.1 Å². The standard InChI is InChI=1S/C20H23ClIN4O3PS.C20H23ClN4O3.C18H19ClN4O2/c21-14-6-5-13-11-18(26(17(13)12-14)9-10-29-31(22)30)20(28)25-16-4-2-1-3-15(16)19(27)24-8-7-23;21-14-6-5-13-11-18(25(9-10-26)17(13)12-14)20(28)24-16-4-2-1-3-15(16)19(27)23-8-7-22;19-12-6-5-11-9-16(22-15(11)10-12)18(25)23-14-4-2-1-3-13(14)17(24)21-8-7-20/h5-6,11-12,15-16,30H,1-4,8-10H2,(H,24,27)(H,25,28);5-6,11-12,15-16,26H,1-4,8-10H2,(H,23,27)(H,24,28);5-6,9-10,13-14,22H,1-4,8H2,(H,21,24)(H,23,25)/t15-,16+,31?;15-,16+;13-,14+/m111/s1/i30T;;.